The maximum Gasteiger partial charge on any atom is 0.453 e. The second kappa shape index (κ2) is 18.7. The number of hydrogen-bond donors (Lipinski definition) is 0. The van der Waals surface area contributed by atoms with Gasteiger partial charge in [0, 0.05) is 30.9 Å². The average molecular weight is 773 g/mol. The SMILES string of the molecule is C[C@]12CCC3c4ccc(OC5CCCCO5)cc4C(=O)[C@@H](CCCCCCCCCSCCCC(F)(F)C(F)(F)F)C3C1CC[C@@H]2OC1CCCCO1. The lowest BCUT2D eigenvalue weighted by atomic mass is 9.51. The Labute approximate surface area is 317 Å². The third kappa shape index (κ3) is 10.1. The predicted molar refractivity (Wildman–Crippen MR) is 198 cm³/mol. The number of fused-ring (bicyclic) bond motifs is 5. The molecule has 0 spiro atoms. The third-order valence-electron chi connectivity index (χ3n) is 13.1. The minimum Gasteiger partial charge on any atom is -0.465 e. The van der Waals surface area contributed by atoms with Gasteiger partial charge in [0.1, 0.15) is 5.75 Å². The number of alkyl halides is 5. The van der Waals surface area contributed by atoms with Gasteiger partial charge in [-0.25, -0.2) is 0 Å². The van der Waals surface area contributed by atoms with E-state index in [1.165, 1.54) is 17.3 Å². The zero-order valence-corrected chi connectivity index (χ0v) is 32.4. The van der Waals surface area contributed by atoms with Gasteiger partial charge in [0.25, 0.3) is 0 Å². The first kappa shape index (κ1) is 41.2. The Morgan fingerprint density at radius 2 is 1.49 bits per heavy atom. The summed E-state index contributed by atoms with van der Waals surface area (Å²) < 4.78 is 87.9. The highest BCUT2D eigenvalue weighted by atomic mass is 32.2. The molecule has 0 bridgehead atoms. The lowest BCUT2D eigenvalue weighted by molar-refractivity contribution is -0.284. The molecule has 2 saturated carbocycles. The number of carbonyl (C=O) groups excluding carboxylic acids is 1. The summed E-state index contributed by atoms with van der Waals surface area (Å²) in [6.07, 6.45) is 11.8. The van der Waals surface area contributed by atoms with E-state index in [1.54, 1.807) is 0 Å². The van der Waals surface area contributed by atoms with Crippen molar-refractivity contribution in [2.24, 2.45) is 23.2 Å². The molecule has 5 nitrogen and oxygen atoms in total. The molecule has 5 unspecified atom stereocenters. The van der Waals surface area contributed by atoms with Gasteiger partial charge in [-0.3, -0.25) is 4.79 Å². The number of thioether (sulfide) groups is 1. The summed E-state index contributed by atoms with van der Waals surface area (Å²) >= 11 is 1.46. The van der Waals surface area contributed by atoms with Crippen molar-refractivity contribution in [2.75, 3.05) is 24.7 Å². The molecule has 5 aliphatic rings. The standard InChI is InChI=1S/C42H61F5O5S/c1-40-23-21-31-30-18-17-29(51-36-15-8-10-24-49-36)28-33(30)39(48)32(38(31)34(40)19-20-35(40)52-37-16-9-11-25-50-37)14-7-5-3-2-4-6-12-26-53-27-13-22-41(43,44)42(45,46)47/h17-18,28,31-32,34-38H,2-16,19-27H2,1H3/t31?,32-,34?,35-,36?,37?,38?,40-/m0/s1. The molecule has 300 valence electrons. The Balaban J connectivity index is 1.01. The number of halogens is 5. The highest BCUT2D eigenvalue weighted by molar-refractivity contribution is 7.99. The zero-order valence-electron chi connectivity index (χ0n) is 31.6. The van der Waals surface area contributed by atoms with Gasteiger partial charge < -0.3 is 18.9 Å². The fraction of sp³-hybridized carbons (Fsp3) is 0.833. The molecule has 0 radical (unpaired) electrons. The monoisotopic (exact) mass is 772 g/mol. The van der Waals surface area contributed by atoms with E-state index in [0.29, 0.717) is 30.1 Å². The number of hydrogen-bond acceptors (Lipinski definition) is 6. The molecular weight excluding hydrogens is 712 g/mol. The summed E-state index contributed by atoms with van der Waals surface area (Å²) in [5, 5.41) is 0. The van der Waals surface area contributed by atoms with Gasteiger partial charge in [-0.05, 0) is 129 Å². The van der Waals surface area contributed by atoms with Crippen molar-refractivity contribution in [3.63, 3.8) is 0 Å². The molecule has 2 aliphatic heterocycles. The van der Waals surface area contributed by atoms with Crippen molar-refractivity contribution in [1.29, 1.82) is 0 Å². The minimum atomic E-state index is -5.46. The molecule has 0 aromatic heterocycles. The van der Waals surface area contributed by atoms with E-state index in [1.807, 2.05) is 6.07 Å². The number of Topliss-reactive ketones (excluding diaryl/α,β-unsaturated/α-hetero) is 1. The summed E-state index contributed by atoms with van der Waals surface area (Å²) in [6.45, 7) is 3.91. The van der Waals surface area contributed by atoms with E-state index in [9.17, 15) is 26.7 Å². The second-order valence-electron chi connectivity index (χ2n) is 16.6. The molecule has 11 heteroatoms. The van der Waals surface area contributed by atoms with Crippen LogP contribution in [0.15, 0.2) is 18.2 Å². The topological polar surface area (TPSA) is 54.0 Å². The molecule has 0 amide bonds. The van der Waals surface area contributed by atoms with Crippen LogP contribution in [-0.4, -0.2) is 61.3 Å². The molecule has 2 saturated heterocycles. The summed E-state index contributed by atoms with van der Waals surface area (Å²) in [5.74, 6) is -1.41. The zero-order chi connectivity index (χ0) is 37.5. The van der Waals surface area contributed by atoms with Crippen molar-refractivity contribution in [1.82, 2.24) is 0 Å². The third-order valence-corrected chi connectivity index (χ3v) is 14.2. The first-order chi connectivity index (χ1) is 25.5. The van der Waals surface area contributed by atoms with Crippen LogP contribution in [0, 0.1) is 23.2 Å². The maximum atomic E-state index is 14.6. The quantitative estimate of drug-likeness (QED) is 0.109. The first-order valence-corrected chi connectivity index (χ1v) is 21.9. The van der Waals surface area contributed by atoms with E-state index < -0.39 is 18.5 Å². The molecular formula is C42H61F5O5S. The van der Waals surface area contributed by atoms with Crippen LogP contribution < -0.4 is 4.74 Å². The Morgan fingerprint density at radius 3 is 2.19 bits per heavy atom. The van der Waals surface area contributed by atoms with E-state index >= 15 is 0 Å². The number of carbonyl (C=O) groups is 1. The lowest BCUT2D eigenvalue weighted by Crippen LogP contribution is -2.50. The number of rotatable bonds is 18. The molecule has 1 aromatic rings. The molecule has 0 N–H and O–H groups in total. The Hall–Kier alpha value is -1.43. The first-order valence-electron chi connectivity index (χ1n) is 20.7. The highest BCUT2D eigenvalue weighted by Crippen LogP contribution is 2.63. The summed E-state index contributed by atoms with van der Waals surface area (Å²) in [7, 11) is 0. The van der Waals surface area contributed by atoms with E-state index in [4.69, 9.17) is 18.9 Å². The molecule has 8 atom stereocenters. The van der Waals surface area contributed by atoms with Crippen LogP contribution in [0.2, 0.25) is 0 Å². The maximum absolute atomic E-state index is 14.6. The van der Waals surface area contributed by atoms with Crippen LogP contribution in [-0.2, 0) is 14.2 Å². The van der Waals surface area contributed by atoms with Crippen LogP contribution >= 0.6 is 11.8 Å². The van der Waals surface area contributed by atoms with E-state index in [0.717, 1.165) is 139 Å². The summed E-state index contributed by atoms with van der Waals surface area (Å²) in [5.41, 5.74) is 2.08. The fourth-order valence-corrected chi connectivity index (χ4v) is 11.1. The molecule has 2 heterocycles. The average Bonchev–Trinajstić information content (AvgIpc) is 3.47. The second-order valence-corrected chi connectivity index (χ2v) is 17.9. The number of benzene rings is 1. The molecule has 53 heavy (non-hydrogen) atoms. The Bertz CT molecular complexity index is 1320. The molecule has 3 aliphatic carbocycles. The number of ketones is 1. The van der Waals surface area contributed by atoms with Gasteiger partial charge in [0.05, 0.1) is 12.7 Å². The summed E-state index contributed by atoms with van der Waals surface area (Å²) in [6, 6.07) is 6.23. The molecule has 6 rings (SSSR count). The van der Waals surface area contributed by atoms with Crippen LogP contribution in [0.3, 0.4) is 0 Å². The van der Waals surface area contributed by atoms with Gasteiger partial charge in [-0.15, -0.1) is 0 Å². The van der Waals surface area contributed by atoms with E-state index in [-0.39, 0.29) is 42.2 Å². The van der Waals surface area contributed by atoms with Crippen LogP contribution in [0.4, 0.5) is 22.0 Å². The Kier molecular flexibility index (Phi) is 14.5. The largest absolute Gasteiger partial charge is 0.465 e. The van der Waals surface area contributed by atoms with Crippen LogP contribution in [0.25, 0.3) is 0 Å². The van der Waals surface area contributed by atoms with Gasteiger partial charge in [0.15, 0.2) is 18.4 Å². The smallest absolute Gasteiger partial charge is 0.453 e. The Morgan fingerprint density at radius 1 is 0.811 bits per heavy atom. The highest BCUT2D eigenvalue weighted by Gasteiger charge is 2.59. The predicted octanol–water partition coefficient (Wildman–Crippen LogP) is 12.1. The number of unbranched alkanes of at least 4 members (excludes halogenated alkanes) is 6. The molecule has 4 fully saturated rings. The normalized spacial score (nSPS) is 31.9. The van der Waals surface area contributed by atoms with Crippen molar-refractivity contribution >= 4 is 17.5 Å². The van der Waals surface area contributed by atoms with Crippen molar-refractivity contribution in [2.45, 2.75) is 172 Å². The van der Waals surface area contributed by atoms with Gasteiger partial charge in [-0.1, -0.05) is 51.5 Å². The van der Waals surface area contributed by atoms with Crippen LogP contribution in [0.1, 0.15) is 157 Å². The van der Waals surface area contributed by atoms with Gasteiger partial charge in [-0.2, -0.15) is 33.7 Å². The fourth-order valence-electron chi connectivity index (χ4n) is 10.2. The van der Waals surface area contributed by atoms with Crippen LogP contribution in [0.5, 0.6) is 5.75 Å². The minimum absolute atomic E-state index is 0.0175. The van der Waals surface area contributed by atoms with Crippen molar-refractivity contribution < 1.29 is 45.7 Å². The molecule has 1 aromatic carbocycles. The van der Waals surface area contributed by atoms with Crippen molar-refractivity contribution in [3.05, 3.63) is 29.3 Å². The van der Waals surface area contributed by atoms with Gasteiger partial charge >= 0.3 is 12.1 Å². The summed E-state index contributed by atoms with van der Waals surface area (Å²) in [4.78, 5) is 14.6. The van der Waals surface area contributed by atoms with Crippen molar-refractivity contribution in [3.8, 4) is 5.75 Å². The number of ether oxygens (including phenoxy) is 4. The van der Waals surface area contributed by atoms with Gasteiger partial charge in [0.2, 0.25) is 0 Å². The lowest BCUT2D eigenvalue weighted by Gasteiger charge is -2.53. The van der Waals surface area contributed by atoms with E-state index in [2.05, 4.69) is 19.1 Å².